The Morgan fingerprint density at radius 2 is 1.63 bits per heavy atom. The molecule has 2 atom stereocenters. The zero-order chi connectivity index (χ0) is 14.4. The minimum absolute atomic E-state index is 0.163. The molecule has 2 rings (SSSR count). The minimum Gasteiger partial charge on any atom is -0.117 e. The van der Waals surface area contributed by atoms with E-state index in [1.807, 2.05) is 0 Å². The summed E-state index contributed by atoms with van der Waals surface area (Å²) in [5.74, 6) is 0.604. The Hall–Kier alpha value is -0.490. The van der Waals surface area contributed by atoms with Crippen molar-refractivity contribution in [2.75, 3.05) is 0 Å². The molecular weight excluding hydrogens is 252 g/mol. The summed E-state index contributed by atoms with van der Waals surface area (Å²) in [6, 6.07) is 2.29. The van der Waals surface area contributed by atoms with Crippen LogP contribution in [0.2, 0.25) is 0 Å². The molecule has 1 saturated carbocycles. The van der Waals surface area contributed by atoms with Crippen LogP contribution in [0.3, 0.4) is 0 Å². The molecule has 0 heterocycles. The van der Waals surface area contributed by atoms with Crippen molar-refractivity contribution in [3.05, 3.63) is 33.9 Å². The molecule has 1 aliphatic rings. The monoisotopic (exact) mass is 278 g/mol. The topological polar surface area (TPSA) is 0 Å². The van der Waals surface area contributed by atoms with Crippen LogP contribution in [0.15, 0.2) is 6.07 Å². The van der Waals surface area contributed by atoms with E-state index in [-0.39, 0.29) is 5.38 Å². The van der Waals surface area contributed by atoms with Crippen LogP contribution in [-0.4, -0.2) is 0 Å². The van der Waals surface area contributed by atoms with E-state index in [4.69, 9.17) is 11.6 Å². The minimum atomic E-state index is 0.163. The molecule has 1 aromatic carbocycles. The molecule has 0 radical (unpaired) electrons. The first-order valence-electron chi connectivity index (χ1n) is 7.47. The van der Waals surface area contributed by atoms with Gasteiger partial charge in [0.05, 0.1) is 5.38 Å². The molecule has 2 unspecified atom stereocenters. The molecule has 0 amide bonds. The van der Waals surface area contributed by atoms with E-state index < -0.39 is 0 Å². The van der Waals surface area contributed by atoms with Gasteiger partial charge in [-0.1, -0.05) is 26.3 Å². The van der Waals surface area contributed by atoms with E-state index in [1.165, 1.54) is 47.1 Å². The fourth-order valence-corrected chi connectivity index (χ4v) is 4.55. The molecular formula is C18H27Cl. The Kier molecular flexibility index (Phi) is 4.02. The lowest BCUT2D eigenvalue weighted by Crippen LogP contribution is -2.23. The van der Waals surface area contributed by atoms with Crippen molar-refractivity contribution >= 4 is 11.6 Å². The van der Waals surface area contributed by atoms with Gasteiger partial charge in [-0.3, -0.25) is 0 Å². The van der Waals surface area contributed by atoms with Crippen molar-refractivity contribution < 1.29 is 0 Å². The van der Waals surface area contributed by atoms with Crippen molar-refractivity contribution in [3.8, 4) is 0 Å². The highest BCUT2D eigenvalue weighted by Crippen LogP contribution is 2.52. The molecule has 1 aromatic rings. The SMILES string of the molecule is Cc1cc(C)c(C)c(C(Cl)C2CCCC2(C)C)c1C. The average molecular weight is 279 g/mol. The standard InChI is InChI=1S/C18H27Cl/c1-11-10-12(2)14(4)16(13(11)3)17(19)15-8-7-9-18(15,5)6/h10,15,17H,7-9H2,1-6H3. The van der Waals surface area contributed by atoms with Gasteiger partial charge in [-0.15, -0.1) is 11.6 Å². The Balaban J connectivity index is 2.47. The van der Waals surface area contributed by atoms with Crippen LogP contribution in [0.4, 0.5) is 0 Å². The maximum atomic E-state index is 6.95. The van der Waals surface area contributed by atoms with Gasteiger partial charge < -0.3 is 0 Å². The zero-order valence-corrected chi connectivity index (χ0v) is 14.0. The average Bonchev–Trinajstić information content (AvgIpc) is 2.66. The summed E-state index contributed by atoms with van der Waals surface area (Å²) in [7, 11) is 0. The Morgan fingerprint density at radius 3 is 2.05 bits per heavy atom. The van der Waals surface area contributed by atoms with Crippen molar-refractivity contribution in [2.24, 2.45) is 11.3 Å². The summed E-state index contributed by atoms with van der Waals surface area (Å²) < 4.78 is 0. The number of benzene rings is 1. The van der Waals surface area contributed by atoms with E-state index in [9.17, 15) is 0 Å². The number of hydrogen-bond acceptors (Lipinski definition) is 0. The van der Waals surface area contributed by atoms with Crippen LogP contribution in [-0.2, 0) is 0 Å². The number of halogens is 1. The van der Waals surface area contributed by atoms with Crippen LogP contribution in [0.5, 0.6) is 0 Å². The van der Waals surface area contributed by atoms with Crippen molar-refractivity contribution in [2.45, 2.75) is 66.2 Å². The van der Waals surface area contributed by atoms with Gasteiger partial charge >= 0.3 is 0 Å². The Morgan fingerprint density at radius 1 is 1.11 bits per heavy atom. The summed E-state index contributed by atoms with van der Waals surface area (Å²) in [6.45, 7) is 13.6. The van der Waals surface area contributed by atoms with Gasteiger partial charge in [0.1, 0.15) is 0 Å². The number of alkyl halides is 1. The first kappa shape index (κ1) is 14.9. The van der Waals surface area contributed by atoms with Crippen LogP contribution in [0.1, 0.15) is 66.3 Å². The quantitative estimate of drug-likeness (QED) is 0.580. The highest BCUT2D eigenvalue weighted by atomic mass is 35.5. The molecule has 0 N–H and O–H groups in total. The van der Waals surface area contributed by atoms with Gasteiger partial charge in [0.15, 0.2) is 0 Å². The lowest BCUT2D eigenvalue weighted by molar-refractivity contribution is 0.251. The summed E-state index contributed by atoms with van der Waals surface area (Å²) >= 11 is 6.95. The highest BCUT2D eigenvalue weighted by Gasteiger charge is 2.40. The van der Waals surface area contributed by atoms with Gasteiger partial charge in [0, 0.05) is 0 Å². The molecule has 1 aliphatic carbocycles. The molecule has 106 valence electrons. The number of rotatable bonds is 2. The van der Waals surface area contributed by atoms with Gasteiger partial charge in [0.2, 0.25) is 0 Å². The van der Waals surface area contributed by atoms with Gasteiger partial charge in [0.25, 0.3) is 0 Å². The second-order valence-corrected chi connectivity index (χ2v) is 7.53. The molecule has 19 heavy (non-hydrogen) atoms. The largest absolute Gasteiger partial charge is 0.117 e. The van der Waals surface area contributed by atoms with Crippen molar-refractivity contribution in [3.63, 3.8) is 0 Å². The summed E-state index contributed by atoms with van der Waals surface area (Å²) in [4.78, 5) is 0. The smallest absolute Gasteiger partial charge is 0.0623 e. The van der Waals surface area contributed by atoms with Crippen molar-refractivity contribution in [1.29, 1.82) is 0 Å². The van der Waals surface area contributed by atoms with Crippen LogP contribution in [0, 0.1) is 39.0 Å². The fraction of sp³-hybridized carbons (Fsp3) is 0.667. The van der Waals surface area contributed by atoms with Gasteiger partial charge in [-0.2, -0.15) is 0 Å². The molecule has 0 aliphatic heterocycles. The summed E-state index contributed by atoms with van der Waals surface area (Å²) in [6.07, 6.45) is 3.90. The maximum Gasteiger partial charge on any atom is 0.0623 e. The van der Waals surface area contributed by atoms with Crippen molar-refractivity contribution in [1.82, 2.24) is 0 Å². The van der Waals surface area contributed by atoms with Crippen LogP contribution in [0.25, 0.3) is 0 Å². The summed E-state index contributed by atoms with van der Waals surface area (Å²) in [5, 5.41) is 0.163. The van der Waals surface area contributed by atoms with E-state index in [0.29, 0.717) is 11.3 Å². The normalized spacial score (nSPS) is 23.6. The van der Waals surface area contributed by atoms with E-state index in [1.54, 1.807) is 0 Å². The molecule has 1 fully saturated rings. The molecule has 0 spiro atoms. The van der Waals surface area contributed by atoms with E-state index in [2.05, 4.69) is 47.6 Å². The number of aryl methyl sites for hydroxylation is 2. The predicted octanol–water partition coefficient (Wildman–Crippen LogP) is 6.03. The lowest BCUT2D eigenvalue weighted by atomic mass is 9.76. The third-order valence-corrected chi connectivity index (χ3v) is 5.92. The van der Waals surface area contributed by atoms with Gasteiger partial charge in [-0.05, 0) is 79.7 Å². The molecule has 0 bridgehead atoms. The first-order valence-corrected chi connectivity index (χ1v) is 7.90. The van der Waals surface area contributed by atoms with Gasteiger partial charge in [-0.25, -0.2) is 0 Å². The molecule has 0 aromatic heterocycles. The zero-order valence-electron chi connectivity index (χ0n) is 13.2. The molecule has 0 saturated heterocycles. The fourth-order valence-electron chi connectivity index (χ4n) is 3.76. The molecule has 1 heteroatoms. The van der Waals surface area contributed by atoms with E-state index in [0.717, 1.165) is 0 Å². The Labute approximate surface area is 123 Å². The van der Waals surface area contributed by atoms with Crippen LogP contribution < -0.4 is 0 Å². The first-order chi connectivity index (χ1) is 8.75. The number of hydrogen-bond donors (Lipinski definition) is 0. The third-order valence-electron chi connectivity index (χ3n) is 5.39. The molecule has 0 nitrogen and oxygen atoms in total. The van der Waals surface area contributed by atoms with Crippen LogP contribution >= 0.6 is 11.6 Å². The predicted molar refractivity (Wildman–Crippen MR) is 85.1 cm³/mol. The Bertz CT molecular complexity index is 459. The second-order valence-electron chi connectivity index (χ2n) is 7.06. The maximum absolute atomic E-state index is 6.95. The second kappa shape index (κ2) is 5.13. The third kappa shape index (κ3) is 2.57. The lowest BCUT2D eigenvalue weighted by Gasteiger charge is -2.33. The highest BCUT2D eigenvalue weighted by molar-refractivity contribution is 6.21. The summed E-state index contributed by atoms with van der Waals surface area (Å²) in [5.41, 5.74) is 7.32. The van der Waals surface area contributed by atoms with E-state index >= 15 is 0 Å².